The second-order valence-corrected chi connectivity index (χ2v) is 8.16. The molecule has 7 nitrogen and oxygen atoms in total. The van der Waals surface area contributed by atoms with Crippen molar-refractivity contribution in [3.05, 3.63) is 95.6 Å². The fourth-order valence-corrected chi connectivity index (χ4v) is 3.84. The zero-order valence-electron chi connectivity index (χ0n) is 19.2. The molecule has 0 saturated carbocycles. The van der Waals surface area contributed by atoms with E-state index in [-0.39, 0.29) is 11.9 Å². The first kappa shape index (κ1) is 23.2. The van der Waals surface area contributed by atoms with Crippen LogP contribution in [0.3, 0.4) is 0 Å². The van der Waals surface area contributed by atoms with Crippen molar-refractivity contribution in [1.29, 1.82) is 0 Å². The molecule has 3 aromatic carbocycles. The summed E-state index contributed by atoms with van der Waals surface area (Å²) in [6.45, 7) is 6.25. The number of esters is 1. The number of hydrogen-bond donors (Lipinski definition) is 1. The van der Waals surface area contributed by atoms with E-state index < -0.39 is 0 Å². The SMILES string of the molecule is CC(=O)Oc1ccc(/C=N/NC(=O)c2ccc(CN3CCN(c4ccccc4)CC3)cc2)cc1. The highest BCUT2D eigenvalue weighted by Crippen LogP contribution is 2.17. The topological polar surface area (TPSA) is 74.2 Å². The second-order valence-electron chi connectivity index (χ2n) is 8.16. The van der Waals surface area contributed by atoms with Gasteiger partial charge in [0.25, 0.3) is 5.91 Å². The zero-order chi connectivity index (χ0) is 23.8. The summed E-state index contributed by atoms with van der Waals surface area (Å²) < 4.78 is 4.99. The van der Waals surface area contributed by atoms with Crippen LogP contribution in [0.4, 0.5) is 5.69 Å². The lowest BCUT2D eigenvalue weighted by molar-refractivity contribution is -0.131. The Morgan fingerprint density at radius 1 is 0.912 bits per heavy atom. The molecule has 1 N–H and O–H groups in total. The minimum Gasteiger partial charge on any atom is -0.427 e. The van der Waals surface area contributed by atoms with E-state index in [1.54, 1.807) is 30.5 Å². The molecular formula is C27H28N4O3. The Hall–Kier alpha value is -3.97. The molecule has 0 aliphatic carbocycles. The molecule has 7 heteroatoms. The highest BCUT2D eigenvalue weighted by Gasteiger charge is 2.17. The minimum absolute atomic E-state index is 0.268. The quantitative estimate of drug-likeness (QED) is 0.254. The van der Waals surface area contributed by atoms with Gasteiger partial charge in [-0.25, -0.2) is 5.43 Å². The van der Waals surface area contributed by atoms with E-state index in [1.807, 2.05) is 30.3 Å². The van der Waals surface area contributed by atoms with Crippen LogP contribution in [0.1, 0.15) is 28.4 Å². The highest BCUT2D eigenvalue weighted by atomic mass is 16.5. The van der Waals surface area contributed by atoms with E-state index in [9.17, 15) is 9.59 Å². The molecule has 4 rings (SSSR count). The van der Waals surface area contributed by atoms with Crippen LogP contribution in [0.5, 0.6) is 5.75 Å². The van der Waals surface area contributed by atoms with Gasteiger partial charge in [-0.1, -0.05) is 30.3 Å². The third-order valence-electron chi connectivity index (χ3n) is 5.64. The van der Waals surface area contributed by atoms with E-state index >= 15 is 0 Å². The van der Waals surface area contributed by atoms with Crippen molar-refractivity contribution in [2.24, 2.45) is 5.10 Å². The number of piperazine rings is 1. The number of carbonyl (C=O) groups is 2. The number of hydrogen-bond acceptors (Lipinski definition) is 6. The van der Waals surface area contributed by atoms with E-state index in [0.717, 1.165) is 38.3 Å². The van der Waals surface area contributed by atoms with Gasteiger partial charge in [-0.15, -0.1) is 0 Å². The molecule has 1 amide bonds. The number of hydrazone groups is 1. The number of ether oxygens (including phenoxy) is 1. The number of para-hydroxylation sites is 1. The maximum absolute atomic E-state index is 12.4. The van der Waals surface area contributed by atoms with Crippen molar-refractivity contribution in [2.45, 2.75) is 13.5 Å². The molecule has 0 spiro atoms. The summed E-state index contributed by atoms with van der Waals surface area (Å²) in [6, 6.07) is 25.0. The first-order valence-electron chi connectivity index (χ1n) is 11.3. The summed E-state index contributed by atoms with van der Waals surface area (Å²) in [4.78, 5) is 28.2. The van der Waals surface area contributed by atoms with E-state index in [4.69, 9.17) is 4.74 Å². The Morgan fingerprint density at radius 3 is 2.24 bits per heavy atom. The monoisotopic (exact) mass is 456 g/mol. The van der Waals surface area contributed by atoms with Crippen molar-refractivity contribution in [3.63, 3.8) is 0 Å². The summed E-state index contributed by atoms with van der Waals surface area (Å²) in [7, 11) is 0. The first-order chi connectivity index (χ1) is 16.6. The van der Waals surface area contributed by atoms with Gasteiger partial charge in [0, 0.05) is 50.9 Å². The van der Waals surface area contributed by atoms with Gasteiger partial charge in [0.15, 0.2) is 0 Å². The molecule has 1 aliphatic heterocycles. The fraction of sp³-hybridized carbons (Fsp3) is 0.222. The van der Waals surface area contributed by atoms with E-state index in [1.165, 1.54) is 18.2 Å². The van der Waals surface area contributed by atoms with Crippen molar-refractivity contribution in [2.75, 3.05) is 31.1 Å². The van der Waals surface area contributed by atoms with Crippen LogP contribution in [-0.2, 0) is 11.3 Å². The molecule has 174 valence electrons. The standard InChI is InChI=1S/C27H28N4O3/c1-21(32)34-26-13-9-22(10-14-26)19-28-29-27(33)24-11-7-23(8-12-24)20-30-15-17-31(18-16-30)25-5-3-2-4-6-25/h2-14,19H,15-18,20H2,1H3,(H,29,33)/b28-19+. The number of anilines is 1. The molecule has 3 aromatic rings. The van der Waals surface area contributed by atoms with E-state index in [0.29, 0.717) is 11.3 Å². The lowest BCUT2D eigenvalue weighted by atomic mass is 10.1. The number of amides is 1. The number of nitrogens with zero attached hydrogens (tertiary/aromatic N) is 3. The van der Waals surface area contributed by atoms with Crippen molar-refractivity contribution < 1.29 is 14.3 Å². The third kappa shape index (κ3) is 6.52. The van der Waals surface area contributed by atoms with Gasteiger partial charge in [-0.2, -0.15) is 5.10 Å². The summed E-state index contributed by atoms with van der Waals surface area (Å²) in [6.07, 6.45) is 1.54. The van der Waals surface area contributed by atoms with Crippen LogP contribution in [0, 0.1) is 0 Å². The largest absolute Gasteiger partial charge is 0.427 e. The van der Waals surface area contributed by atoms with Crippen molar-refractivity contribution >= 4 is 23.8 Å². The predicted octanol–water partition coefficient (Wildman–Crippen LogP) is 3.70. The maximum Gasteiger partial charge on any atom is 0.308 e. The smallest absolute Gasteiger partial charge is 0.308 e. The lowest BCUT2D eigenvalue weighted by Gasteiger charge is -2.36. The summed E-state index contributed by atoms with van der Waals surface area (Å²) in [5.41, 5.74) is 6.34. The molecule has 1 saturated heterocycles. The average Bonchev–Trinajstić information content (AvgIpc) is 2.86. The van der Waals surface area contributed by atoms with Gasteiger partial charge in [0.05, 0.1) is 6.21 Å². The first-order valence-corrected chi connectivity index (χ1v) is 11.3. The molecule has 0 radical (unpaired) electrons. The van der Waals surface area contributed by atoms with Gasteiger partial charge in [-0.3, -0.25) is 14.5 Å². The Bertz CT molecular complexity index is 1120. The normalized spacial score (nSPS) is 14.2. The van der Waals surface area contributed by atoms with Crippen LogP contribution in [0.15, 0.2) is 84.0 Å². The van der Waals surface area contributed by atoms with Crippen LogP contribution >= 0.6 is 0 Å². The average molecular weight is 457 g/mol. The molecule has 1 heterocycles. The van der Waals surface area contributed by atoms with Crippen LogP contribution < -0.4 is 15.1 Å². The predicted molar refractivity (Wildman–Crippen MR) is 133 cm³/mol. The fourth-order valence-electron chi connectivity index (χ4n) is 3.84. The van der Waals surface area contributed by atoms with Gasteiger partial charge in [0.1, 0.15) is 5.75 Å². The summed E-state index contributed by atoms with van der Waals surface area (Å²) >= 11 is 0. The number of nitrogens with one attached hydrogen (secondary N) is 1. The Labute approximate surface area is 199 Å². The van der Waals surface area contributed by atoms with Crippen LogP contribution in [0.2, 0.25) is 0 Å². The van der Waals surface area contributed by atoms with Crippen molar-refractivity contribution in [3.8, 4) is 5.75 Å². The van der Waals surface area contributed by atoms with Gasteiger partial charge in [-0.05, 0) is 59.7 Å². The molecule has 34 heavy (non-hydrogen) atoms. The second kappa shape index (κ2) is 11.2. The molecule has 0 bridgehead atoms. The lowest BCUT2D eigenvalue weighted by Crippen LogP contribution is -2.45. The Balaban J connectivity index is 1.23. The zero-order valence-corrected chi connectivity index (χ0v) is 19.2. The van der Waals surface area contributed by atoms with E-state index in [2.05, 4.69) is 44.6 Å². The number of benzene rings is 3. The number of carbonyl (C=O) groups excluding carboxylic acids is 2. The van der Waals surface area contributed by atoms with Crippen molar-refractivity contribution in [1.82, 2.24) is 10.3 Å². The number of rotatable bonds is 7. The summed E-state index contributed by atoms with van der Waals surface area (Å²) in [5, 5.41) is 4.01. The minimum atomic E-state index is -0.370. The molecular weight excluding hydrogens is 428 g/mol. The van der Waals surface area contributed by atoms with Gasteiger partial charge in [0.2, 0.25) is 0 Å². The summed E-state index contributed by atoms with van der Waals surface area (Å²) in [5.74, 6) is -0.173. The Kier molecular flexibility index (Phi) is 7.67. The maximum atomic E-state index is 12.4. The third-order valence-corrected chi connectivity index (χ3v) is 5.64. The molecule has 1 aliphatic rings. The van der Waals surface area contributed by atoms with Crippen LogP contribution in [-0.4, -0.2) is 49.2 Å². The van der Waals surface area contributed by atoms with Gasteiger partial charge >= 0.3 is 5.97 Å². The highest BCUT2D eigenvalue weighted by molar-refractivity contribution is 5.94. The van der Waals surface area contributed by atoms with Crippen LogP contribution in [0.25, 0.3) is 0 Å². The van der Waals surface area contributed by atoms with Gasteiger partial charge < -0.3 is 9.64 Å². The molecule has 0 aromatic heterocycles. The molecule has 0 atom stereocenters. The molecule has 0 unspecified atom stereocenters. The molecule has 1 fully saturated rings. The Morgan fingerprint density at radius 2 is 1.59 bits per heavy atom.